The molecule has 26 heavy (non-hydrogen) atoms. The van der Waals surface area contributed by atoms with Crippen LogP contribution < -0.4 is 0 Å². The number of aryl methyl sites for hydroxylation is 1. The molecular formula is C20H21N3O2S. The Morgan fingerprint density at radius 3 is 2.50 bits per heavy atom. The van der Waals surface area contributed by atoms with E-state index in [9.17, 15) is 9.90 Å². The summed E-state index contributed by atoms with van der Waals surface area (Å²) >= 11 is 1.22. The standard InChI is InChI=1S/C20H21N3O2S/c1-12-21-22-19(26-20(2,3)18(24)25)23(12)17-11-10-14(13-8-9-13)15-6-4-5-7-16(15)17/h4-7,10-11,13H,8-9H2,1-3H3,(H,24,25). The van der Waals surface area contributed by atoms with E-state index >= 15 is 0 Å². The van der Waals surface area contributed by atoms with Crippen LogP contribution in [0.15, 0.2) is 41.6 Å². The van der Waals surface area contributed by atoms with Gasteiger partial charge in [0.1, 0.15) is 10.6 Å². The smallest absolute Gasteiger partial charge is 0.319 e. The van der Waals surface area contributed by atoms with Crippen LogP contribution >= 0.6 is 11.8 Å². The molecule has 1 aromatic heterocycles. The van der Waals surface area contributed by atoms with E-state index in [1.54, 1.807) is 13.8 Å². The lowest BCUT2D eigenvalue weighted by Gasteiger charge is -2.19. The van der Waals surface area contributed by atoms with Gasteiger partial charge in [0.05, 0.1) is 5.69 Å². The molecule has 0 atom stereocenters. The van der Waals surface area contributed by atoms with E-state index in [4.69, 9.17) is 0 Å². The van der Waals surface area contributed by atoms with Crippen LogP contribution in [0.25, 0.3) is 16.5 Å². The molecule has 1 heterocycles. The highest BCUT2D eigenvalue weighted by Gasteiger charge is 2.32. The number of nitrogens with zero attached hydrogens (tertiary/aromatic N) is 3. The topological polar surface area (TPSA) is 68.0 Å². The van der Waals surface area contributed by atoms with Gasteiger partial charge in [-0.3, -0.25) is 9.36 Å². The molecule has 6 heteroatoms. The second-order valence-electron chi connectivity index (χ2n) is 7.28. The predicted octanol–water partition coefficient (Wildman–Crippen LogP) is 4.56. The zero-order chi connectivity index (χ0) is 18.5. The van der Waals surface area contributed by atoms with Crippen molar-refractivity contribution >= 4 is 28.5 Å². The molecule has 4 rings (SSSR count). The van der Waals surface area contributed by atoms with Crippen molar-refractivity contribution in [1.29, 1.82) is 0 Å². The molecule has 0 amide bonds. The molecule has 1 aliphatic carbocycles. The third-order valence-electron chi connectivity index (χ3n) is 4.85. The van der Waals surface area contributed by atoms with Gasteiger partial charge in [0.2, 0.25) is 0 Å². The fourth-order valence-electron chi connectivity index (χ4n) is 3.21. The van der Waals surface area contributed by atoms with E-state index in [-0.39, 0.29) is 0 Å². The minimum absolute atomic E-state index is 0.597. The second kappa shape index (κ2) is 6.13. The summed E-state index contributed by atoms with van der Waals surface area (Å²) in [5.74, 6) is 0.539. The van der Waals surface area contributed by atoms with E-state index in [2.05, 4.69) is 40.5 Å². The van der Waals surface area contributed by atoms with Gasteiger partial charge >= 0.3 is 5.97 Å². The largest absolute Gasteiger partial charge is 0.480 e. The summed E-state index contributed by atoms with van der Waals surface area (Å²) in [5, 5.41) is 20.9. The van der Waals surface area contributed by atoms with E-state index in [0.29, 0.717) is 11.1 Å². The summed E-state index contributed by atoms with van der Waals surface area (Å²) in [7, 11) is 0. The van der Waals surface area contributed by atoms with Crippen LogP contribution in [0, 0.1) is 6.92 Å². The Bertz CT molecular complexity index is 1010. The molecule has 0 unspecified atom stereocenters. The summed E-state index contributed by atoms with van der Waals surface area (Å²) in [5.41, 5.74) is 2.39. The van der Waals surface area contributed by atoms with Gasteiger partial charge in [-0.2, -0.15) is 0 Å². The van der Waals surface area contributed by atoms with Gasteiger partial charge < -0.3 is 5.11 Å². The Balaban J connectivity index is 1.88. The lowest BCUT2D eigenvalue weighted by molar-refractivity contribution is -0.138. The first-order valence-electron chi connectivity index (χ1n) is 8.75. The van der Waals surface area contributed by atoms with Crippen molar-refractivity contribution in [2.24, 2.45) is 0 Å². The number of carboxylic acid groups (broad SMARTS) is 1. The maximum atomic E-state index is 11.5. The van der Waals surface area contributed by atoms with E-state index < -0.39 is 10.7 Å². The Labute approximate surface area is 156 Å². The Hall–Kier alpha value is -2.34. The van der Waals surface area contributed by atoms with Gasteiger partial charge in [-0.15, -0.1) is 10.2 Å². The fourth-order valence-corrected chi connectivity index (χ4v) is 4.16. The number of aromatic nitrogens is 3. The zero-order valence-electron chi connectivity index (χ0n) is 15.1. The van der Waals surface area contributed by atoms with Crippen molar-refractivity contribution in [2.45, 2.75) is 49.4 Å². The van der Waals surface area contributed by atoms with Crippen LogP contribution in [-0.4, -0.2) is 30.6 Å². The number of carboxylic acids is 1. The van der Waals surface area contributed by atoms with Crippen LogP contribution in [0.1, 0.15) is 44.0 Å². The number of hydrogen-bond donors (Lipinski definition) is 1. The normalized spacial score (nSPS) is 14.7. The predicted molar refractivity (Wildman–Crippen MR) is 103 cm³/mol. The third-order valence-corrected chi connectivity index (χ3v) is 5.98. The minimum Gasteiger partial charge on any atom is -0.480 e. The van der Waals surface area contributed by atoms with Crippen molar-refractivity contribution in [1.82, 2.24) is 14.8 Å². The summed E-state index contributed by atoms with van der Waals surface area (Å²) in [4.78, 5) is 11.5. The molecule has 0 radical (unpaired) electrons. The third kappa shape index (κ3) is 2.88. The summed E-state index contributed by atoms with van der Waals surface area (Å²) in [6, 6.07) is 12.7. The molecule has 0 aliphatic heterocycles. The van der Waals surface area contributed by atoms with E-state index in [1.165, 1.54) is 35.6 Å². The van der Waals surface area contributed by atoms with Crippen LogP contribution in [0.2, 0.25) is 0 Å². The van der Waals surface area contributed by atoms with Gasteiger partial charge in [0.15, 0.2) is 5.16 Å². The number of fused-ring (bicyclic) bond motifs is 1. The van der Waals surface area contributed by atoms with Crippen molar-refractivity contribution in [3.05, 3.63) is 47.8 Å². The lowest BCUT2D eigenvalue weighted by atomic mass is 9.99. The number of benzene rings is 2. The highest BCUT2D eigenvalue weighted by molar-refractivity contribution is 8.01. The van der Waals surface area contributed by atoms with Crippen LogP contribution in [0.5, 0.6) is 0 Å². The summed E-state index contributed by atoms with van der Waals surface area (Å²) in [6.45, 7) is 5.26. The monoisotopic (exact) mass is 367 g/mol. The zero-order valence-corrected chi connectivity index (χ0v) is 15.9. The van der Waals surface area contributed by atoms with E-state index in [1.807, 2.05) is 17.6 Å². The summed E-state index contributed by atoms with van der Waals surface area (Å²) < 4.78 is 0.981. The average molecular weight is 367 g/mol. The number of carbonyl (C=O) groups is 1. The first-order chi connectivity index (χ1) is 12.4. The molecule has 1 aliphatic rings. The van der Waals surface area contributed by atoms with E-state index in [0.717, 1.165) is 16.9 Å². The number of rotatable bonds is 5. The molecule has 5 nitrogen and oxygen atoms in total. The Morgan fingerprint density at radius 2 is 1.85 bits per heavy atom. The molecule has 0 bridgehead atoms. The van der Waals surface area contributed by atoms with Gasteiger partial charge in [-0.25, -0.2) is 0 Å². The van der Waals surface area contributed by atoms with Crippen molar-refractivity contribution in [2.75, 3.05) is 0 Å². The molecule has 1 N–H and O–H groups in total. The average Bonchev–Trinajstić information content (AvgIpc) is 3.39. The molecule has 0 saturated heterocycles. The van der Waals surface area contributed by atoms with Gasteiger partial charge in [0, 0.05) is 5.39 Å². The van der Waals surface area contributed by atoms with Crippen molar-refractivity contribution in [3.8, 4) is 5.69 Å². The van der Waals surface area contributed by atoms with Gasteiger partial charge in [-0.1, -0.05) is 42.1 Å². The van der Waals surface area contributed by atoms with Crippen LogP contribution in [0.4, 0.5) is 0 Å². The highest BCUT2D eigenvalue weighted by Crippen LogP contribution is 2.44. The summed E-state index contributed by atoms with van der Waals surface area (Å²) in [6.07, 6.45) is 2.51. The Morgan fingerprint density at radius 1 is 1.15 bits per heavy atom. The molecule has 3 aromatic rings. The first-order valence-corrected chi connectivity index (χ1v) is 9.56. The van der Waals surface area contributed by atoms with Gasteiger partial charge in [0.25, 0.3) is 0 Å². The molecular weight excluding hydrogens is 346 g/mol. The SMILES string of the molecule is Cc1nnc(SC(C)(C)C(=O)O)n1-c1ccc(C2CC2)c2ccccc12. The lowest BCUT2D eigenvalue weighted by Crippen LogP contribution is -2.27. The number of aliphatic carboxylic acids is 1. The Kier molecular flexibility index (Phi) is 4.03. The number of thioether (sulfide) groups is 1. The van der Waals surface area contributed by atoms with Crippen molar-refractivity contribution in [3.63, 3.8) is 0 Å². The van der Waals surface area contributed by atoms with Crippen molar-refractivity contribution < 1.29 is 9.90 Å². The molecule has 1 fully saturated rings. The highest BCUT2D eigenvalue weighted by atomic mass is 32.2. The molecule has 1 saturated carbocycles. The molecule has 0 spiro atoms. The van der Waals surface area contributed by atoms with Gasteiger partial charge in [-0.05, 0) is 56.5 Å². The minimum atomic E-state index is -0.985. The maximum absolute atomic E-state index is 11.5. The number of hydrogen-bond acceptors (Lipinski definition) is 4. The maximum Gasteiger partial charge on any atom is 0.319 e. The second-order valence-corrected chi connectivity index (χ2v) is 8.87. The van der Waals surface area contributed by atoms with Crippen LogP contribution in [-0.2, 0) is 4.79 Å². The van der Waals surface area contributed by atoms with Crippen LogP contribution in [0.3, 0.4) is 0 Å². The quantitative estimate of drug-likeness (QED) is 0.670. The molecule has 134 valence electrons. The molecule has 2 aromatic carbocycles. The first kappa shape index (κ1) is 17.1. The fraction of sp³-hybridized carbons (Fsp3) is 0.350.